The summed E-state index contributed by atoms with van der Waals surface area (Å²) in [5.74, 6) is 1.07. The molecule has 0 spiro atoms. The molecule has 0 atom stereocenters. The van der Waals surface area contributed by atoms with Crippen molar-refractivity contribution in [2.45, 2.75) is 46.5 Å². The van der Waals surface area contributed by atoms with Crippen LogP contribution in [0.3, 0.4) is 0 Å². The lowest BCUT2D eigenvalue weighted by atomic mass is 10.2. The normalized spacial score (nSPS) is 11.2. The molecule has 0 saturated heterocycles. The molecule has 0 aliphatic heterocycles. The Labute approximate surface area is 96.3 Å². The van der Waals surface area contributed by atoms with Gasteiger partial charge < -0.3 is 4.98 Å². The van der Waals surface area contributed by atoms with Gasteiger partial charge in [0.1, 0.15) is 5.82 Å². The van der Waals surface area contributed by atoms with E-state index >= 15 is 0 Å². The van der Waals surface area contributed by atoms with Crippen LogP contribution in [0.4, 0.5) is 0 Å². The number of nitrogens with one attached hydrogen (secondary N) is 1. The molecule has 0 radical (unpaired) electrons. The van der Waals surface area contributed by atoms with Gasteiger partial charge in [0.05, 0.1) is 5.52 Å². The molecule has 0 fully saturated rings. The van der Waals surface area contributed by atoms with Gasteiger partial charge in [0.25, 0.3) is 0 Å². The summed E-state index contributed by atoms with van der Waals surface area (Å²) < 4.78 is 0. The molecular formula is C13H19N3. The molecule has 2 rings (SSSR count). The summed E-state index contributed by atoms with van der Waals surface area (Å²) in [7, 11) is 0. The zero-order chi connectivity index (χ0) is 11.5. The maximum Gasteiger partial charge on any atom is 0.178 e. The highest BCUT2D eigenvalue weighted by atomic mass is 15.0. The summed E-state index contributed by atoms with van der Waals surface area (Å²) in [6, 6.07) is 2.09. The predicted octanol–water partition coefficient (Wildman–Crippen LogP) is 3.31. The van der Waals surface area contributed by atoms with Crippen LogP contribution in [0.1, 0.15) is 43.3 Å². The number of hydrogen-bond donors (Lipinski definition) is 1. The minimum Gasteiger partial charge on any atom is -0.340 e. The largest absolute Gasteiger partial charge is 0.340 e. The van der Waals surface area contributed by atoms with Crippen molar-refractivity contribution in [3.8, 4) is 0 Å². The smallest absolute Gasteiger partial charge is 0.178 e. The fourth-order valence-electron chi connectivity index (χ4n) is 2.01. The van der Waals surface area contributed by atoms with Crippen LogP contribution in [0.5, 0.6) is 0 Å². The first-order valence-corrected chi connectivity index (χ1v) is 6.03. The van der Waals surface area contributed by atoms with Crippen LogP contribution in [0, 0.1) is 13.8 Å². The maximum atomic E-state index is 4.54. The SMILES string of the molecule is CCCCCc1nc2nc(C)cc(C)c2[nH]1. The van der Waals surface area contributed by atoms with Gasteiger partial charge in [0, 0.05) is 12.1 Å². The fraction of sp³-hybridized carbons (Fsp3) is 0.538. The lowest BCUT2D eigenvalue weighted by molar-refractivity contribution is 0.700. The van der Waals surface area contributed by atoms with E-state index < -0.39 is 0 Å². The van der Waals surface area contributed by atoms with Crippen molar-refractivity contribution < 1.29 is 0 Å². The summed E-state index contributed by atoms with van der Waals surface area (Å²) in [5, 5.41) is 0. The number of pyridine rings is 1. The Morgan fingerprint density at radius 1 is 1.19 bits per heavy atom. The molecule has 2 aromatic rings. The van der Waals surface area contributed by atoms with Gasteiger partial charge >= 0.3 is 0 Å². The number of fused-ring (bicyclic) bond motifs is 1. The van der Waals surface area contributed by atoms with Gasteiger partial charge in [0.2, 0.25) is 0 Å². The van der Waals surface area contributed by atoms with E-state index in [9.17, 15) is 0 Å². The number of aryl methyl sites for hydroxylation is 3. The zero-order valence-electron chi connectivity index (χ0n) is 10.3. The van der Waals surface area contributed by atoms with Gasteiger partial charge in [-0.05, 0) is 31.9 Å². The first kappa shape index (κ1) is 11.1. The lowest BCUT2D eigenvalue weighted by Gasteiger charge is -1.95. The number of unbranched alkanes of at least 4 members (excludes halogenated alkanes) is 2. The molecule has 0 unspecified atom stereocenters. The Balaban J connectivity index is 2.26. The monoisotopic (exact) mass is 217 g/mol. The van der Waals surface area contributed by atoms with E-state index in [0.29, 0.717) is 0 Å². The Hall–Kier alpha value is -1.38. The first-order valence-electron chi connectivity index (χ1n) is 6.03. The second kappa shape index (κ2) is 4.64. The number of aromatic nitrogens is 3. The average Bonchev–Trinajstić information content (AvgIpc) is 2.61. The van der Waals surface area contributed by atoms with E-state index in [4.69, 9.17) is 0 Å². The molecule has 3 heteroatoms. The topological polar surface area (TPSA) is 41.6 Å². The van der Waals surface area contributed by atoms with Crippen LogP contribution in [0.25, 0.3) is 11.2 Å². The number of rotatable bonds is 4. The summed E-state index contributed by atoms with van der Waals surface area (Å²) in [5.41, 5.74) is 4.23. The Kier molecular flexibility index (Phi) is 3.22. The van der Waals surface area contributed by atoms with Crippen molar-refractivity contribution in [3.05, 3.63) is 23.1 Å². The minimum absolute atomic E-state index is 0.865. The first-order chi connectivity index (χ1) is 7.70. The second-order valence-corrected chi connectivity index (χ2v) is 4.42. The molecule has 1 N–H and O–H groups in total. The average molecular weight is 217 g/mol. The molecule has 0 saturated carbocycles. The highest BCUT2D eigenvalue weighted by Crippen LogP contribution is 2.16. The van der Waals surface area contributed by atoms with Crippen molar-refractivity contribution in [3.63, 3.8) is 0 Å². The van der Waals surface area contributed by atoms with Crippen LogP contribution < -0.4 is 0 Å². The Morgan fingerprint density at radius 2 is 2.00 bits per heavy atom. The van der Waals surface area contributed by atoms with E-state index in [1.54, 1.807) is 0 Å². The molecular weight excluding hydrogens is 198 g/mol. The van der Waals surface area contributed by atoms with Crippen molar-refractivity contribution >= 4 is 11.2 Å². The lowest BCUT2D eigenvalue weighted by Crippen LogP contribution is -1.87. The van der Waals surface area contributed by atoms with Gasteiger partial charge in [-0.25, -0.2) is 9.97 Å². The van der Waals surface area contributed by atoms with Crippen molar-refractivity contribution in [1.29, 1.82) is 0 Å². The van der Waals surface area contributed by atoms with E-state index in [1.807, 2.05) is 6.92 Å². The molecule has 16 heavy (non-hydrogen) atoms. The number of aromatic amines is 1. The molecule has 2 aromatic heterocycles. The summed E-state index contributed by atoms with van der Waals surface area (Å²) in [6.45, 7) is 6.33. The molecule has 0 aliphatic rings. The van der Waals surface area contributed by atoms with E-state index in [1.165, 1.54) is 24.8 Å². The number of nitrogens with zero attached hydrogens (tertiary/aromatic N) is 2. The van der Waals surface area contributed by atoms with Gasteiger partial charge in [-0.15, -0.1) is 0 Å². The number of imidazole rings is 1. The van der Waals surface area contributed by atoms with Gasteiger partial charge in [0.15, 0.2) is 5.65 Å². The summed E-state index contributed by atoms with van der Waals surface area (Å²) in [4.78, 5) is 12.4. The van der Waals surface area contributed by atoms with Crippen LogP contribution in [0.2, 0.25) is 0 Å². The third kappa shape index (κ3) is 2.23. The van der Waals surface area contributed by atoms with E-state index in [2.05, 4.69) is 34.9 Å². The molecule has 0 bridgehead atoms. The quantitative estimate of drug-likeness (QED) is 0.798. The highest BCUT2D eigenvalue weighted by Gasteiger charge is 2.06. The molecule has 0 aliphatic carbocycles. The minimum atomic E-state index is 0.865. The third-order valence-electron chi connectivity index (χ3n) is 2.85. The maximum absolute atomic E-state index is 4.54. The van der Waals surface area contributed by atoms with Gasteiger partial charge in [-0.3, -0.25) is 0 Å². The third-order valence-corrected chi connectivity index (χ3v) is 2.85. The Morgan fingerprint density at radius 3 is 2.75 bits per heavy atom. The van der Waals surface area contributed by atoms with E-state index in [-0.39, 0.29) is 0 Å². The van der Waals surface area contributed by atoms with Crippen LogP contribution in [0.15, 0.2) is 6.07 Å². The molecule has 86 valence electrons. The van der Waals surface area contributed by atoms with Crippen LogP contribution in [-0.4, -0.2) is 15.0 Å². The number of H-pyrrole nitrogens is 1. The highest BCUT2D eigenvalue weighted by molar-refractivity contribution is 5.74. The van der Waals surface area contributed by atoms with Crippen molar-refractivity contribution in [1.82, 2.24) is 15.0 Å². The molecule has 0 amide bonds. The standard InChI is InChI=1S/C13H19N3/c1-4-5-6-7-11-15-12-9(2)8-10(3)14-13(12)16-11/h8H,4-7H2,1-3H3,(H,14,15,16). The summed E-state index contributed by atoms with van der Waals surface area (Å²) in [6.07, 6.45) is 4.75. The second-order valence-electron chi connectivity index (χ2n) is 4.42. The predicted molar refractivity (Wildman–Crippen MR) is 66.6 cm³/mol. The molecule has 3 nitrogen and oxygen atoms in total. The van der Waals surface area contributed by atoms with Gasteiger partial charge in [-0.2, -0.15) is 0 Å². The molecule has 2 heterocycles. The Bertz CT molecular complexity index is 485. The summed E-state index contributed by atoms with van der Waals surface area (Å²) >= 11 is 0. The fourth-order valence-corrected chi connectivity index (χ4v) is 2.01. The van der Waals surface area contributed by atoms with Crippen molar-refractivity contribution in [2.24, 2.45) is 0 Å². The van der Waals surface area contributed by atoms with E-state index in [0.717, 1.165) is 29.1 Å². The van der Waals surface area contributed by atoms with Crippen LogP contribution >= 0.6 is 0 Å². The van der Waals surface area contributed by atoms with Crippen LogP contribution in [-0.2, 0) is 6.42 Å². The zero-order valence-corrected chi connectivity index (χ0v) is 10.3. The number of hydrogen-bond acceptors (Lipinski definition) is 2. The molecule has 0 aromatic carbocycles. The van der Waals surface area contributed by atoms with Gasteiger partial charge in [-0.1, -0.05) is 19.8 Å². The van der Waals surface area contributed by atoms with Crippen molar-refractivity contribution in [2.75, 3.05) is 0 Å².